The van der Waals surface area contributed by atoms with Crippen LogP contribution in [0.25, 0.3) is 0 Å². The summed E-state index contributed by atoms with van der Waals surface area (Å²) in [5.41, 5.74) is 7.38. The second-order valence-electron chi connectivity index (χ2n) is 5.19. The fourth-order valence-corrected chi connectivity index (χ4v) is 4.41. The van der Waals surface area contributed by atoms with Crippen LogP contribution in [-0.4, -0.2) is 19.2 Å². The summed E-state index contributed by atoms with van der Waals surface area (Å²) < 4.78 is 22.5. The highest BCUT2D eigenvalue weighted by Gasteiger charge is 2.20. The number of primary sulfonamides is 1. The van der Waals surface area contributed by atoms with Crippen LogP contribution in [0.4, 0.5) is 16.6 Å². The largest absolute Gasteiger partial charge is 0.382 e. The molecule has 7 nitrogen and oxygen atoms in total. The zero-order valence-electron chi connectivity index (χ0n) is 13.0. The zero-order chi connectivity index (χ0) is 18.2. The summed E-state index contributed by atoms with van der Waals surface area (Å²) in [6.07, 6.45) is 0. The van der Waals surface area contributed by atoms with E-state index in [1.807, 2.05) is 18.4 Å². The minimum atomic E-state index is -3.74. The van der Waals surface area contributed by atoms with Crippen molar-refractivity contribution in [2.24, 2.45) is 5.14 Å². The molecule has 0 amide bonds. The van der Waals surface area contributed by atoms with E-state index in [2.05, 4.69) is 10.3 Å². The molecule has 25 heavy (non-hydrogen) atoms. The fourth-order valence-electron chi connectivity index (χ4n) is 2.11. The lowest BCUT2D eigenvalue weighted by Gasteiger charge is -2.03. The molecule has 0 saturated heterocycles. The number of nitrogens with zero attached hydrogens (tertiary/aromatic N) is 1. The molecule has 0 aliphatic carbocycles. The van der Waals surface area contributed by atoms with Crippen LogP contribution in [0, 0.1) is 6.92 Å². The number of rotatable bonds is 5. The Morgan fingerprint density at radius 1 is 1.16 bits per heavy atom. The maximum Gasteiger partial charge on any atom is 0.238 e. The number of ketones is 1. The quantitative estimate of drug-likeness (QED) is 0.571. The molecule has 130 valence electrons. The molecule has 0 radical (unpaired) electrons. The van der Waals surface area contributed by atoms with Gasteiger partial charge in [-0.1, -0.05) is 11.3 Å². The third kappa shape index (κ3) is 3.71. The van der Waals surface area contributed by atoms with Gasteiger partial charge in [-0.15, -0.1) is 11.3 Å². The number of carbonyl (C=O) groups excluding carboxylic acids is 1. The Morgan fingerprint density at radius 2 is 1.84 bits per heavy atom. The summed E-state index contributed by atoms with van der Waals surface area (Å²) in [6.45, 7) is 1.87. The number of aryl methyl sites for hydroxylation is 1. The van der Waals surface area contributed by atoms with Gasteiger partial charge in [0.1, 0.15) is 10.7 Å². The molecule has 0 saturated carbocycles. The van der Waals surface area contributed by atoms with Gasteiger partial charge in [-0.3, -0.25) is 4.79 Å². The number of sulfonamides is 1. The average molecular weight is 395 g/mol. The van der Waals surface area contributed by atoms with Crippen LogP contribution in [0.3, 0.4) is 0 Å². The van der Waals surface area contributed by atoms with E-state index in [0.717, 1.165) is 16.9 Å². The Bertz CT molecular complexity index is 1040. The third-order valence-electron chi connectivity index (χ3n) is 3.36. The Hall–Kier alpha value is -2.27. The van der Waals surface area contributed by atoms with Crippen molar-refractivity contribution in [1.82, 2.24) is 4.98 Å². The van der Waals surface area contributed by atoms with Crippen molar-refractivity contribution in [1.29, 1.82) is 0 Å². The van der Waals surface area contributed by atoms with E-state index in [4.69, 9.17) is 10.9 Å². The summed E-state index contributed by atoms with van der Waals surface area (Å²) in [5, 5.41) is 10.4. The number of thiazole rings is 1. The number of anilines is 3. The first-order valence-corrected chi connectivity index (χ1v) is 10.2. The SMILES string of the molecule is Cc1ccsc1C(=O)c1sc(Nc2ccc(S(N)(=O)=O)cc2)nc1N. The highest BCUT2D eigenvalue weighted by Crippen LogP contribution is 2.31. The van der Waals surface area contributed by atoms with E-state index in [9.17, 15) is 13.2 Å². The van der Waals surface area contributed by atoms with Crippen LogP contribution in [0.15, 0.2) is 40.6 Å². The molecule has 0 bridgehead atoms. The molecule has 3 rings (SSSR count). The maximum absolute atomic E-state index is 12.6. The molecule has 3 aromatic rings. The number of benzene rings is 1. The standard InChI is InChI=1S/C15H14N4O3S3/c1-8-6-7-23-12(8)11(20)13-14(16)19-15(24-13)18-9-2-4-10(5-3-9)25(17,21)22/h2-7H,16H2,1H3,(H,18,19)(H2,17,21,22). The van der Waals surface area contributed by atoms with E-state index in [-0.39, 0.29) is 16.5 Å². The number of hydrogen-bond acceptors (Lipinski definition) is 8. The molecule has 0 fully saturated rings. The minimum Gasteiger partial charge on any atom is -0.382 e. The van der Waals surface area contributed by atoms with Crippen molar-refractivity contribution in [2.75, 3.05) is 11.1 Å². The predicted molar refractivity (Wildman–Crippen MR) is 100 cm³/mol. The third-order valence-corrected chi connectivity index (χ3v) is 6.29. The number of hydrogen-bond donors (Lipinski definition) is 3. The number of nitrogens with two attached hydrogens (primary N) is 2. The number of carbonyl (C=O) groups is 1. The first-order valence-electron chi connectivity index (χ1n) is 7.00. The van der Waals surface area contributed by atoms with Crippen LogP contribution in [0.1, 0.15) is 20.1 Å². The summed E-state index contributed by atoms with van der Waals surface area (Å²) in [7, 11) is -3.74. The Morgan fingerprint density at radius 3 is 2.40 bits per heavy atom. The maximum atomic E-state index is 12.6. The van der Waals surface area contributed by atoms with Gasteiger partial charge in [-0.2, -0.15) is 0 Å². The fraction of sp³-hybridized carbons (Fsp3) is 0.0667. The van der Waals surface area contributed by atoms with Crippen molar-refractivity contribution in [2.45, 2.75) is 11.8 Å². The van der Waals surface area contributed by atoms with E-state index >= 15 is 0 Å². The molecule has 1 aromatic carbocycles. The Labute approximate surface area is 152 Å². The van der Waals surface area contributed by atoms with Gasteiger partial charge in [0.25, 0.3) is 0 Å². The van der Waals surface area contributed by atoms with Gasteiger partial charge in [0.05, 0.1) is 9.77 Å². The van der Waals surface area contributed by atoms with Gasteiger partial charge in [0.15, 0.2) is 5.13 Å². The summed E-state index contributed by atoms with van der Waals surface area (Å²) >= 11 is 2.51. The normalized spacial score (nSPS) is 11.4. The molecule has 10 heteroatoms. The van der Waals surface area contributed by atoms with Gasteiger partial charge < -0.3 is 11.1 Å². The molecule has 5 N–H and O–H groups in total. The second kappa shape index (κ2) is 6.56. The van der Waals surface area contributed by atoms with Crippen molar-refractivity contribution in [3.63, 3.8) is 0 Å². The van der Waals surface area contributed by atoms with Gasteiger partial charge >= 0.3 is 0 Å². The van der Waals surface area contributed by atoms with E-state index in [1.165, 1.54) is 23.5 Å². The lowest BCUT2D eigenvalue weighted by atomic mass is 10.2. The number of nitrogen functional groups attached to an aromatic ring is 1. The summed E-state index contributed by atoms with van der Waals surface area (Å²) in [6, 6.07) is 7.76. The van der Waals surface area contributed by atoms with Crippen molar-refractivity contribution >= 4 is 55.1 Å². The zero-order valence-corrected chi connectivity index (χ0v) is 15.5. The number of nitrogens with one attached hydrogen (secondary N) is 1. The summed E-state index contributed by atoms with van der Waals surface area (Å²) in [5.74, 6) is 0.00609. The van der Waals surface area contributed by atoms with Gasteiger partial charge in [0, 0.05) is 5.69 Å². The first-order chi connectivity index (χ1) is 11.8. The topological polar surface area (TPSA) is 128 Å². The molecule has 0 spiro atoms. The van der Waals surface area contributed by atoms with Gasteiger partial charge in [-0.25, -0.2) is 18.5 Å². The molecular weight excluding hydrogens is 380 g/mol. The van der Waals surface area contributed by atoms with Gasteiger partial charge in [0.2, 0.25) is 15.8 Å². The van der Waals surface area contributed by atoms with E-state index < -0.39 is 10.0 Å². The van der Waals surface area contributed by atoms with Crippen LogP contribution < -0.4 is 16.2 Å². The van der Waals surface area contributed by atoms with Crippen molar-refractivity contribution in [3.8, 4) is 0 Å². The van der Waals surface area contributed by atoms with Crippen LogP contribution in [0.5, 0.6) is 0 Å². The molecule has 0 aliphatic rings. The molecule has 2 aromatic heterocycles. The van der Waals surface area contributed by atoms with Crippen LogP contribution >= 0.6 is 22.7 Å². The lowest BCUT2D eigenvalue weighted by Crippen LogP contribution is -2.11. The molecule has 0 aliphatic heterocycles. The Balaban J connectivity index is 1.83. The highest BCUT2D eigenvalue weighted by atomic mass is 32.2. The van der Waals surface area contributed by atoms with Gasteiger partial charge in [-0.05, 0) is 48.2 Å². The minimum absolute atomic E-state index is 0.0146. The predicted octanol–water partition coefficient (Wildman–Crippen LogP) is 2.72. The van der Waals surface area contributed by atoms with Crippen molar-refractivity contribution < 1.29 is 13.2 Å². The Kier molecular flexibility index (Phi) is 4.60. The molecular formula is C15H14N4O3S3. The number of aromatic nitrogens is 1. The molecule has 2 heterocycles. The van der Waals surface area contributed by atoms with E-state index in [0.29, 0.717) is 20.6 Å². The monoisotopic (exact) mass is 394 g/mol. The molecule has 0 unspecified atom stereocenters. The lowest BCUT2D eigenvalue weighted by molar-refractivity contribution is 0.104. The van der Waals surface area contributed by atoms with Crippen LogP contribution in [0.2, 0.25) is 0 Å². The second-order valence-corrected chi connectivity index (χ2v) is 8.67. The smallest absolute Gasteiger partial charge is 0.238 e. The number of thiophene rings is 1. The first kappa shape index (κ1) is 17.5. The van der Waals surface area contributed by atoms with Crippen molar-refractivity contribution in [3.05, 3.63) is 51.0 Å². The van der Waals surface area contributed by atoms with Crippen LogP contribution in [-0.2, 0) is 10.0 Å². The van der Waals surface area contributed by atoms with E-state index in [1.54, 1.807) is 12.1 Å². The highest BCUT2D eigenvalue weighted by molar-refractivity contribution is 7.89. The average Bonchev–Trinajstić information content (AvgIpc) is 3.12. The summed E-state index contributed by atoms with van der Waals surface area (Å²) in [4.78, 5) is 17.7. The molecule has 0 atom stereocenters.